The average molecular weight is 331 g/mol. The van der Waals surface area contributed by atoms with E-state index in [0.29, 0.717) is 13.0 Å². The van der Waals surface area contributed by atoms with E-state index in [2.05, 4.69) is 28.2 Å². The van der Waals surface area contributed by atoms with Gasteiger partial charge in [-0.15, -0.1) is 11.3 Å². The van der Waals surface area contributed by atoms with Crippen molar-refractivity contribution in [2.24, 2.45) is 0 Å². The summed E-state index contributed by atoms with van der Waals surface area (Å²) in [6.07, 6.45) is 2.36. The molecule has 1 amide bonds. The summed E-state index contributed by atoms with van der Waals surface area (Å²) in [5.41, 5.74) is 1.18. The first kappa shape index (κ1) is 16.0. The molecule has 0 saturated heterocycles. The molecule has 1 atom stereocenters. The highest BCUT2D eigenvalue weighted by molar-refractivity contribution is 7.09. The SMILES string of the molecule is C[C@H]1CN(CCC(=O)NCc2nccs2)Cc2ccccc2O1. The predicted octanol–water partition coefficient (Wildman–Crippen LogP) is 2.43. The monoisotopic (exact) mass is 331 g/mol. The number of hydrogen-bond acceptors (Lipinski definition) is 5. The van der Waals surface area contributed by atoms with E-state index in [-0.39, 0.29) is 12.0 Å². The minimum atomic E-state index is 0.0614. The molecule has 1 aromatic heterocycles. The maximum Gasteiger partial charge on any atom is 0.221 e. The number of rotatable bonds is 5. The van der Waals surface area contributed by atoms with Gasteiger partial charge >= 0.3 is 0 Å². The quantitative estimate of drug-likeness (QED) is 0.914. The van der Waals surface area contributed by atoms with E-state index in [9.17, 15) is 4.79 Å². The first-order valence-electron chi connectivity index (χ1n) is 7.82. The number of nitrogens with zero attached hydrogens (tertiary/aromatic N) is 2. The Bertz CT molecular complexity index is 645. The molecule has 0 bridgehead atoms. The van der Waals surface area contributed by atoms with Gasteiger partial charge in [-0.25, -0.2) is 4.98 Å². The molecule has 1 aliphatic heterocycles. The lowest BCUT2D eigenvalue weighted by molar-refractivity contribution is -0.121. The van der Waals surface area contributed by atoms with Crippen molar-refractivity contribution in [1.82, 2.24) is 15.2 Å². The fraction of sp³-hybridized carbons (Fsp3) is 0.412. The van der Waals surface area contributed by atoms with Gasteiger partial charge in [0.15, 0.2) is 0 Å². The smallest absolute Gasteiger partial charge is 0.221 e. The first-order chi connectivity index (χ1) is 11.2. The van der Waals surface area contributed by atoms with E-state index in [1.54, 1.807) is 17.5 Å². The number of nitrogens with one attached hydrogen (secondary N) is 1. The number of aromatic nitrogens is 1. The Morgan fingerprint density at radius 1 is 1.48 bits per heavy atom. The summed E-state index contributed by atoms with van der Waals surface area (Å²) in [6, 6.07) is 8.11. The lowest BCUT2D eigenvalue weighted by Crippen LogP contribution is -2.34. The highest BCUT2D eigenvalue weighted by Crippen LogP contribution is 2.24. The summed E-state index contributed by atoms with van der Waals surface area (Å²) in [6.45, 7) is 4.96. The molecule has 23 heavy (non-hydrogen) atoms. The van der Waals surface area contributed by atoms with Crippen LogP contribution in [-0.2, 0) is 17.9 Å². The number of benzene rings is 1. The van der Waals surface area contributed by atoms with Crippen LogP contribution in [0.5, 0.6) is 5.75 Å². The summed E-state index contributed by atoms with van der Waals surface area (Å²) >= 11 is 1.55. The topological polar surface area (TPSA) is 54.5 Å². The molecule has 6 heteroatoms. The Kier molecular flexibility index (Phi) is 5.25. The number of para-hydroxylation sites is 1. The number of carbonyl (C=O) groups is 1. The van der Waals surface area contributed by atoms with Gasteiger partial charge < -0.3 is 10.1 Å². The highest BCUT2D eigenvalue weighted by Gasteiger charge is 2.20. The molecule has 0 unspecified atom stereocenters. The van der Waals surface area contributed by atoms with Crippen molar-refractivity contribution in [3.63, 3.8) is 0 Å². The summed E-state index contributed by atoms with van der Waals surface area (Å²) in [5.74, 6) is 1.02. The number of ether oxygens (including phenoxy) is 1. The van der Waals surface area contributed by atoms with Crippen LogP contribution >= 0.6 is 11.3 Å². The van der Waals surface area contributed by atoms with Gasteiger partial charge in [0.05, 0.1) is 6.54 Å². The number of thiazole rings is 1. The lowest BCUT2D eigenvalue weighted by atomic mass is 10.2. The van der Waals surface area contributed by atoms with Crippen molar-refractivity contribution in [3.8, 4) is 5.75 Å². The van der Waals surface area contributed by atoms with Gasteiger partial charge in [0, 0.05) is 43.2 Å². The average Bonchev–Trinajstić information content (AvgIpc) is 3.00. The first-order valence-corrected chi connectivity index (χ1v) is 8.70. The zero-order valence-electron chi connectivity index (χ0n) is 13.2. The minimum Gasteiger partial charge on any atom is -0.489 e. The Hall–Kier alpha value is -1.92. The molecule has 3 rings (SSSR count). The fourth-order valence-electron chi connectivity index (χ4n) is 2.71. The Balaban J connectivity index is 1.50. The third kappa shape index (κ3) is 4.53. The van der Waals surface area contributed by atoms with E-state index >= 15 is 0 Å². The summed E-state index contributed by atoms with van der Waals surface area (Å²) < 4.78 is 5.94. The van der Waals surface area contributed by atoms with E-state index in [4.69, 9.17) is 4.74 Å². The van der Waals surface area contributed by atoms with Crippen LogP contribution in [0.4, 0.5) is 0 Å². The molecule has 1 aromatic carbocycles. The number of fused-ring (bicyclic) bond motifs is 1. The van der Waals surface area contributed by atoms with Crippen LogP contribution in [0.25, 0.3) is 0 Å². The van der Waals surface area contributed by atoms with Crippen molar-refractivity contribution in [2.45, 2.75) is 32.5 Å². The van der Waals surface area contributed by atoms with E-state index in [1.807, 2.05) is 23.6 Å². The van der Waals surface area contributed by atoms with E-state index in [0.717, 1.165) is 30.4 Å². The molecule has 1 N–H and O–H groups in total. The van der Waals surface area contributed by atoms with Gasteiger partial charge in [0.25, 0.3) is 0 Å². The van der Waals surface area contributed by atoms with Gasteiger partial charge in [-0.3, -0.25) is 9.69 Å². The lowest BCUT2D eigenvalue weighted by Gasteiger charge is -2.21. The second-order valence-electron chi connectivity index (χ2n) is 5.72. The Morgan fingerprint density at radius 3 is 3.17 bits per heavy atom. The van der Waals surface area contributed by atoms with Gasteiger partial charge in [0.1, 0.15) is 16.9 Å². The van der Waals surface area contributed by atoms with Crippen molar-refractivity contribution in [2.75, 3.05) is 13.1 Å². The third-order valence-corrected chi connectivity index (χ3v) is 4.56. The van der Waals surface area contributed by atoms with Gasteiger partial charge in [0.2, 0.25) is 5.91 Å². The maximum absolute atomic E-state index is 12.0. The molecule has 2 heterocycles. The second-order valence-corrected chi connectivity index (χ2v) is 6.70. The summed E-state index contributed by atoms with van der Waals surface area (Å²) in [5, 5.41) is 5.77. The zero-order valence-corrected chi connectivity index (χ0v) is 14.0. The molecule has 0 aliphatic carbocycles. The highest BCUT2D eigenvalue weighted by atomic mass is 32.1. The van der Waals surface area contributed by atoms with Gasteiger partial charge in [-0.1, -0.05) is 18.2 Å². The number of hydrogen-bond donors (Lipinski definition) is 1. The summed E-state index contributed by atoms with van der Waals surface area (Å²) in [7, 11) is 0. The zero-order chi connectivity index (χ0) is 16.1. The molecule has 5 nitrogen and oxygen atoms in total. The van der Waals surface area contributed by atoms with Gasteiger partial charge in [-0.2, -0.15) is 0 Å². The maximum atomic E-state index is 12.0. The largest absolute Gasteiger partial charge is 0.489 e. The van der Waals surface area contributed by atoms with Crippen molar-refractivity contribution >= 4 is 17.2 Å². The molecular weight excluding hydrogens is 310 g/mol. The van der Waals surface area contributed by atoms with Crippen LogP contribution in [0.15, 0.2) is 35.8 Å². The predicted molar refractivity (Wildman–Crippen MR) is 90.4 cm³/mol. The standard InChI is InChI=1S/C17H21N3O2S/c1-13-11-20(12-14-4-2-3-5-15(14)22-13)8-6-16(21)19-10-17-18-7-9-23-17/h2-5,7,9,13H,6,8,10-12H2,1H3,(H,19,21)/t13-/m0/s1. The third-order valence-electron chi connectivity index (χ3n) is 3.79. The van der Waals surface area contributed by atoms with Crippen molar-refractivity contribution < 1.29 is 9.53 Å². The van der Waals surface area contributed by atoms with Crippen LogP contribution in [0.1, 0.15) is 23.9 Å². The van der Waals surface area contributed by atoms with Crippen molar-refractivity contribution in [1.29, 1.82) is 0 Å². The van der Waals surface area contributed by atoms with E-state index < -0.39 is 0 Å². The Morgan fingerprint density at radius 2 is 2.35 bits per heavy atom. The normalized spacial score (nSPS) is 17.9. The van der Waals surface area contributed by atoms with Gasteiger partial charge in [-0.05, 0) is 13.0 Å². The molecule has 0 radical (unpaired) electrons. The van der Waals surface area contributed by atoms with E-state index in [1.165, 1.54) is 5.56 Å². The molecule has 0 fully saturated rings. The molecule has 1 aliphatic rings. The van der Waals surface area contributed by atoms with Crippen LogP contribution in [0, 0.1) is 0 Å². The molecular formula is C17H21N3O2S. The second kappa shape index (κ2) is 7.57. The molecule has 122 valence electrons. The fourth-order valence-corrected chi connectivity index (χ4v) is 3.26. The molecule has 0 spiro atoms. The number of carbonyl (C=O) groups excluding carboxylic acids is 1. The van der Waals surface area contributed by atoms with Crippen LogP contribution < -0.4 is 10.1 Å². The van der Waals surface area contributed by atoms with Crippen LogP contribution in [0.2, 0.25) is 0 Å². The van der Waals surface area contributed by atoms with Crippen molar-refractivity contribution in [3.05, 3.63) is 46.4 Å². The number of amides is 1. The molecule has 0 saturated carbocycles. The minimum absolute atomic E-state index is 0.0614. The Labute approximate surface area is 140 Å². The van der Waals surface area contributed by atoms with Crippen LogP contribution in [0.3, 0.4) is 0 Å². The molecule has 2 aromatic rings. The summed E-state index contributed by atoms with van der Waals surface area (Å²) in [4.78, 5) is 18.4. The van der Waals surface area contributed by atoms with Crippen LogP contribution in [-0.4, -0.2) is 35.0 Å².